The van der Waals surface area contributed by atoms with Gasteiger partial charge < -0.3 is 9.52 Å². The van der Waals surface area contributed by atoms with Crippen molar-refractivity contribution >= 4 is 40.3 Å². The van der Waals surface area contributed by atoms with Crippen molar-refractivity contribution in [3.05, 3.63) is 81.8 Å². The molecule has 7 nitrogen and oxygen atoms in total. The van der Waals surface area contributed by atoms with E-state index in [1.165, 1.54) is 6.26 Å². The minimum absolute atomic E-state index is 0.0134. The fourth-order valence-electron chi connectivity index (χ4n) is 3.57. The largest absolute Gasteiger partial charge is 0.432 e. The first-order chi connectivity index (χ1) is 14.9. The molecule has 0 spiro atoms. The van der Waals surface area contributed by atoms with E-state index in [0.717, 1.165) is 5.39 Å². The Morgan fingerprint density at radius 1 is 1.16 bits per heavy atom. The van der Waals surface area contributed by atoms with Gasteiger partial charge in [0.2, 0.25) is 5.91 Å². The van der Waals surface area contributed by atoms with Gasteiger partial charge in [0, 0.05) is 21.7 Å². The molecule has 158 valence electrons. The third-order valence-corrected chi connectivity index (χ3v) is 5.33. The summed E-state index contributed by atoms with van der Waals surface area (Å²) in [7, 11) is 0. The standard InChI is InChI=1S/C23H20ClN3O4/c1-13-12-31-23(25-13)26-21(29)10-18-14(2)27(20-8-3-15(11-28)9-19(18)20)22(30)16-4-6-17(24)7-5-16/h3-9,12,28H,10-11H2,1-2H3,(H,25,26,29). The summed E-state index contributed by atoms with van der Waals surface area (Å²) in [5.41, 5.74) is 3.81. The molecule has 1 amide bonds. The number of fused-ring (bicyclic) bond motifs is 1. The highest BCUT2D eigenvalue weighted by atomic mass is 35.5. The number of nitrogens with zero attached hydrogens (tertiary/aromatic N) is 2. The Labute approximate surface area is 183 Å². The number of aliphatic hydroxyl groups is 1. The highest BCUT2D eigenvalue weighted by molar-refractivity contribution is 6.30. The van der Waals surface area contributed by atoms with Crippen molar-refractivity contribution in [3.63, 3.8) is 0 Å². The van der Waals surface area contributed by atoms with Gasteiger partial charge >= 0.3 is 6.01 Å². The lowest BCUT2D eigenvalue weighted by Gasteiger charge is -2.08. The Morgan fingerprint density at radius 3 is 2.55 bits per heavy atom. The number of nitrogens with one attached hydrogen (secondary N) is 1. The molecule has 0 atom stereocenters. The predicted molar refractivity (Wildman–Crippen MR) is 117 cm³/mol. The molecular weight excluding hydrogens is 418 g/mol. The summed E-state index contributed by atoms with van der Waals surface area (Å²) in [6, 6.07) is 12.1. The molecule has 2 aromatic heterocycles. The molecule has 0 saturated heterocycles. The number of hydrogen-bond donors (Lipinski definition) is 2. The number of halogens is 1. The van der Waals surface area contributed by atoms with Crippen molar-refractivity contribution < 1.29 is 19.1 Å². The molecule has 31 heavy (non-hydrogen) atoms. The number of carbonyl (C=O) groups is 2. The number of hydrogen-bond acceptors (Lipinski definition) is 5. The maximum Gasteiger partial charge on any atom is 0.301 e. The van der Waals surface area contributed by atoms with Gasteiger partial charge in [-0.2, -0.15) is 4.98 Å². The highest BCUT2D eigenvalue weighted by Gasteiger charge is 2.22. The summed E-state index contributed by atoms with van der Waals surface area (Å²) in [5, 5.41) is 13.5. The maximum absolute atomic E-state index is 13.3. The van der Waals surface area contributed by atoms with Gasteiger partial charge in [0.25, 0.3) is 5.91 Å². The van der Waals surface area contributed by atoms with Crippen LogP contribution in [0.4, 0.5) is 6.01 Å². The summed E-state index contributed by atoms with van der Waals surface area (Å²) >= 11 is 5.95. The minimum Gasteiger partial charge on any atom is -0.432 e. The summed E-state index contributed by atoms with van der Waals surface area (Å²) in [6.45, 7) is 3.41. The summed E-state index contributed by atoms with van der Waals surface area (Å²) in [6.07, 6.45) is 1.46. The Bertz CT molecular complexity index is 1290. The van der Waals surface area contributed by atoms with Gasteiger partial charge in [0.15, 0.2) is 0 Å². The number of aryl methyl sites for hydroxylation is 1. The molecule has 8 heteroatoms. The van der Waals surface area contributed by atoms with Crippen LogP contribution >= 0.6 is 11.6 Å². The molecular formula is C23H20ClN3O4. The van der Waals surface area contributed by atoms with Gasteiger partial charge in [-0.15, -0.1) is 0 Å². The molecule has 0 bridgehead atoms. The van der Waals surface area contributed by atoms with Crippen LogP contribution in [0.5, 0.6) is 0 Å². The second-order valence-electron chi connectivity index (χ2n) is 7.24. The molecule has 0 saturated carbocycles. The summed E-state index contributed by atoms with van der Waals surface area (Å²) in [4.78, 5) is 30.0. The zero-order chi connectivity index (χ0) is 22.1. The molecule has 0 radical (unpaired) electrons. The highest BCUT2D eigenvalue weighted by Crippen LogP contribution is 2.29. The first kappa shape index (κ1) is 20.8. The van der Waals surface area contributed by atoms with Crippen molar-refractivity contribution in [3.8, 4) is 0 Å². The Kier molecular flexibility index (Phi) is 5.63. The third-order valence-electron chi connectivity index (χ3n) is 5.08. The van der Waals surface area contributed by atoms with E-state index in [-0.39, 0.29) is 30.9 Å². The normalized spacial score (nSPS) is 11.1. The Hall–Kier alpha value is -3.42. The number of anilines is 1. The van der Waals surface area contributed by atoms with Crippen LogP contribution in [-0.2, 0) is 17.8 Å². The Balaban J connectivity index is 1.77. The van der Waals surface area contributed by atoms with E-state index in [0.29, 0.717) is 38.6 Å². The molecule has 0 fully saturated rings. The van der Waals surface area contributed by atoms with Gasteiger partial charge in [0.05, 0.1) is 24.2 Å². The smallest absolute Gasteiger partial charge is 0.301 e. The van der Waals surface area contributed by atoms with Crippen molar-refractivity contribution in [2.24, 2.45) is 0 Å². The fraction of sp³-hybridized carbons (Fsp3) is 0.174. The predicted octanol–water partition coefficient (Wildman–Crippen LogP) is 4.26. The van der Waals surface area contributed by atoms with Crippen molar-refractivity contribution in [1.29, 1.82) is 0 Å². The van der Waals surface area contributed by atoms with E-state index in [1.807, 2.05) is 0 Å². The molecule has 4 aromatic rings. The van der Waals surface area contributed by atoms with E-state index in [1.54, 1.807) is 60.9 Å². The van der Waals surface area contributed by atoms with Gasteiger partial charge in [-0.25, -0.2) is 0 Å². The SMILES string of the molecule is Cc1coc(NC(=O)Cc2c(C)n(C(=O)c3ccc(Cl)cc3)c3ccc(CO)cc23)n1. The number of carbonyl (C=O) groups excluding carboxylic acids is 2. The van der Waals surface area contributed by atoms with Crippen LogP contribution in [0.3, 0.4) is 0 Å². The van der Waals surface area contributed by atoms with Crippen LogP contribution in [0.2, 0.25) is 5.02 Å². The lowest BCUT2D eigenvalue weighted by Crippen LogP contribution is -2.17. The number of oxazole rings is 1. The number of aliphatic hydroxyl groups excluding tert-OH is 1. The molecule has 2 heterocycles. The summed E-state index contributed by atoms with van der Waals surface area (Å²) < 4.78 is 6.77. The number of aromatic nitrogens is 2. The maximum atomic E-state index is 13.3. The quantitative estimate of drug-likeness (QED) is 0.486. The zero-order valence-electron chi connectivity index (χ0n) is 17.0. The second-order valence-corrected chi connectivity index (χ2v) is 7.68. The number of amides is 1. The zero-order valence-corrected chi connectivity index (χ0v) is 17.7. The molecule has 0 aliphatic carbocycles. The fourth-order valence-corrected chi connectivity index (χ4v) is 3.70. The van der Waals surface area contributed by atoms with Crippen molar-refractivity contribution in [2.45, 2.75) is 26.9 Å². The van der Waals surface area contributed by atoms with Gasteiger partial charge in [-0.3, -0.25) is 19.5 Å². The van der Waals surface area contributed by atoms with E-state index >= 15 is 0 Å². The second kappa shape index (κ2) is 8.37. The molecule has 0 aliphatic heterocycles. The van der Waals surface area contributed by atoms with E-state index in [4.69, 9.17) is 16.0 Å². The van der Waals surface area contributed by atoms with Crippen LogP contribution in [0.15, 0.2) is 53.1 Å². The van der Waals surface area contributed by atoms with E-state index < -0.39 is 0 Å². The molecule has 4 rings (SSSR count). The van der Waals surface area contributed by atoms with Crippen LogP contribution in [-0.4, -0.2) is 26.5 Å². The van der Waals surface area contributed by atoms with Crippen LogP contribution in [0.1, 0.15) is 32.9 Å². The lowest BCUT2D eigenvalue weighted by molar-refractivity contribution is -0.115. The van der Waals surface area contributed by atoms with Gasteiger partial charge in [-0.1, -0.05) is 17.7 Å². The average molecular weight is 438 g/mol. The topological polar surface area (TPSA) is 97.4 Å². The summed E-state index contributed by atoms with van der Waals surface area (Å²) in [5.74, 6) is -0.553. The van der Waals surface area contributed by atoms with Crippen molar-refractivity contribution in [2.75, 3.05) is 5.32 Å². The monoisotopic (exact) mass is 437 g/mol. The first-order valence-corrected chi connectivity index (χ1v) is 10.0. The van der Waals surface area contributed by atoms with E-state index in [9.17, 15) is 14.7 Å². The average Bonchev–Trinajstić information content (AvgIpc) is 3.28. The molecule has 0 aliphatic rings. The first-order valence-electron chi connectivity index (χ1n) is 9.63. The lowest BCUT2D eigenvalue weighted by atomic mass is 10.1. The Morgan fingerprint density at radius 2 is 1.90 bits per heavy atom. The number of benzene rings is 2. The van der Waals surface area contributed by atoms with E-state index in [2.05, 4.69) is 10.3 Å². The molecule has 0 unspecified atom stereocenters. The molecule has 2 N–H and O–H groups in total. The van der Waals surface area contributed by atoms with Gasteiger partial charge in [0.1, 0.15) is 6.26 Å². The van der Waals surface area contributed by atoms with Crippen LogP contribution in [0, 0.1) is 13.8 Å². The number of rotatable bonds is 5. The van der Waals surface area contributed by atoms with Crippen LogP contribution in [0.25, 0.3) is 10.9 Å². The third kappa shape index (κ3) is 4.10. The van der Waals surface area contributed by atoms with Crippen molar-refractivity contribution in [1.82, 2.24) is 9.55 Å². The minimum atomic E-state index is -0.322. The van der Waals surface area contributed by atoms with Crippen LogP contribution < -0.4 is 5.32 Å². The van der Waals surface area contributed by atoms with Gasteiger partial charge in [-0.05, 0) is 61.4 Å². The molecule has 2 aromatic carbocycles.